The fraction of sp³-hybridized carbons (Fsp3) is 0.458. The number of hydrogen-bond acceptors (Lipinski definition) is 4. The van der Waals surface area contributed by atoms with Crippen LogP contribution in [0.3, 0.4) is 0 Å². The van der Waals surface area contributed by atoms with Gasteiger partial charge in [-0.3, -0.25) is 14.6 Å². The summed E-state index contributed by atoms with van der Waals surface area (Å²) in [5, 5.41) is -0.838. The summed E-state index contributed by atoms with van der Waals surface area (Å²) in [4.78, 5) is 35.7. The molecule has 0 bridgehead atoms. The van der Waals surface area contributed by atoms with E-state index in [9.17, 15) is 35.9 Å². The van der Waals surface area contributed by atoms with Crippen molar-refractivity contribution in [1.29, 1.82) is 0 Å². The first-order valence-electron chi connectivity index (χ1n) is 11.7. The molecule has 14 heteroatoms. The minimum atomic E-state index is -4.74. The lowest BCUT2D eigenvalue weighted by molar-refractivity contribution is -0.137. The Morgan fingerprint density at radius 3 is 2.53 bits per heavy atom. The predicted octanol–water partition coefficient (Wildman–Crippen LogP) is 4.66. The van der Waals surface area contributed by atoms with Gasteiger partial charge in [0.05, 0.1) is 17.8 Å². The molecule has 0 radical (unpaired) electrons. The number of halogens is 7. The lowest BCUT2D eigenvalue weighted by Crippen LogP contribution is -2.47. The van der Waals surface area contributed by atoms with Gasteiger partial charge in [0, 0.05) is 38.9 Å². The van der Waals surface area contributed by atoms with E-state index in [4.69, 9.17) is 11.6 Å². The molecule has 2 atom stereocenters. The van der Waals surface area contributed by atoms with Gasteiger partial charge < -0.3 is 9.80 Å². The SMILES string of the molecule is Cc1cc(C(F)(F)F)cc(N2C(=O)N(CCN3CC[C@H](F)C3)CC2C(=O)N(C)c2ccc(F)c(Cl)c2F)n1. The molecule has 4 rings (SSSR count). The first-order valence-corrected chi connectivity index (χ1v) is 12.1. The summed E-state index contributed by atoms with van der Waals surface area (Å²) in [6.45, 7) is 2.10. The highest BCUT2D eigenvalue weighted by molar-refractivity contribution is 6.31. The van der Waals surface area contributed by atoms with Gasteiger partial charge in [0.25, 0.3) is 5.91 Å². The molecule has 206 valence electrons. The maximum absolute atomic E-state index is 14.7. The Labute approximate surface area is 219 Å². The topological polar surface area (TPSA) is 60.0 Å². The van der Waals surface area contributed by atoms with E-state index in [1.807, 2.05) is 0 Å². The highest BCUT2D eigenvalue weighted by Gasteiger charge is 2.45. The molecule has 2 saturated heterocycles. The fourth-order valence-electron chi connectivity index (χ4n) is 4.59. The largest absolute Gasteiger partial charge is 0.416 e. The molecule has 0 spiro atoms. The summed E-state index contributed by atoms with van der Waals surface area (Å²) in [5.41, 5.74) is -1.48. The van der Waals surface area contributed by atoms with E-state index in [1.54, 1.807) is 4.90 Å². The molecule has 2 fully saturated rings. The van der Waals surface area contributed by atoms with Crippen LogP contribution in [0.4, 0.5) is 42.6 Å². The highest BCUT2D eigenvalue weighted by Crippen LogP contribution is 2.35. The van der Waals surface area contributed by atoms with Crippen molar-refractivity contribution >= 4 is 35.0 Å². The van der Waals surface area contributed by atoms with Crippen LogP contribution < -0.4 is 9.80 Å². The van der Waals surface area contributed by atoms with E-state index in [-0.39, 0.29) is 37.6 Å². The number of aromatic nitrogens is 1. The second-order valence-corrected chi connectivity index (χ2v) is 9.62. The smallest absolute Gasteiger partial charge is 0.320 e. The molecule has 3 heterocycles. The van der Waals surface area contributed by atoms with Crippen LogP contribution in [-0.2, 0) is 11.0 Å². The molecule has 1 aromatic heterocycles. The van der Waals surface area contributed by atoms with Gasteiger partial charge in [-0.05, 0) is 37.6 Å². The number of alkyl halides is 4. The van der Waals surface area contributed by atoms with Gasteiger partial charge in [-0.1, -0.05) is 11.6 Å². The molecular formula is C24H24ClF6N5O2. The normalized spacial score (nSPS) is 20.5. The van der Waals surface area contributed by atoms with E-state index in [0.717, 1.165) is 28.0 Å². The summed E-state index contributed by atoms with van der Waals surface area (Å²) in [5.74, 6) is -3.51. The molecule has 2 aliphatic rings. The van der Waals surface area contributed by atoms with Crippen LogP contribution >= 0.6 is 11.6 Å². The molecule has 7 nitrogen and oxygen atoms in total. The second-order valence-electron chi connectivity index (χ2n) is 9.25. The van der Waals surface area contributed by atoms with Crippen LogP contribution in [0, 0.1) is 18.6 Å². The number of likely N-dealkylation sites (tertiary alicyclic amines) is 1. The minimum absolute atomic E-state index is 0.0388. The van der Waals surface area contributed by atoms with Crippen molar-refractivity contribution < 1.29 is 35.9 Å². The highest BCUT2D eigenvalue weighted by atomic mass is 35.5. The predicted molar refractivity (Wildman–Crippen MR) is 128 cm³/mol. The summed E-state index contributed by atoms with van der Waals surface area (Å²) in [6.07, 6.45) is -5.38. The summed E-state index contributed by atoms with van der Waals surface area (Å²) in [6, 6.07) is 1.15. The first-order chi connectivity index (χ1) is 17.8. The molecule has 0 N–H and O–H groups in total. The Hall–Kier alpha value is -3.06. The monoisotopic (exact) mass is 563 g/mol. The maximum Gasteiger partial charge on any atom is 0.416 e. The lowest BCUT2D eigenvalue weighted by atomic mass is 10.1. The Morgan fingerprint density at radius 1 is 1.18 bits per heavy atom. The number of urea groups is 1. The number of benzene rings is 1. The minimum Gasteiger partial charge on any atom is -0.320 e. The van der Waals surface area contributed by atoms with Gasteiger partial charge in [0.1, 0.15) is 28.9 Å². The fourth-order valence-corrected chi connectivity index (χ4v) is 4.75. The van der Waals surface area contributed by atoms with Crippen molar-refractivity contribution in [2.75, 3.05) is 49.6 Å². The van der Waals surface area contributed by atoms with Crippen LogP contribution in [-0.4, -0.2) is 78.7 Å². The number of aryl methyl sites for hydroxylation is 1. The van der Waals surface area contributed by atoms with Gasteiger partial charge in [-0.25, -0.2) is 22.9 Å². The van der Waals surface area contributed by atoms with Gasteiger partial charge in [-0.2, -0.15) is 13.2 Å². The van der Waals surface area contributed by atoms with E-state index in [2.05, 4.69) is 4.98 Å². The van der Waals surface area contributed by atoms with Crippen molar-refractivity contribution in [3.8, 4) is 0 Å². The summed E-state index contributed by atoms with van der Waals surface area (Å²) < 4.78 is 82.4. The number of hydrogen-bond donors (Lipinski definition) is 0. The average Bonchev–Trinajstić information content (AvgIpc) is 3.41. The molecule has 1 aromatic carbocycles. The lowest BCUT2D eigenvalue weighted by Gasteiger charge is -2.27. The van der Waals surface area contributed by atoms with Crippen LogP contribution in [0.2, 0.25) is 5.02 Å². The summed E-state index contributed by atoms with van der Waals surface area (Å²) >= 11 is 5.64. The molecule has 38 heavy (non-hydrogen) atoms. The number of anilines is 2. The number of amides is 3. The standard InChI is InChI=1S/C24H24ClF6N5O2/c1-13-9-14(24(29,30)31)10-19(32-13)36-18(12-35(23(36)38)8-7-34-6-5-15(26)11-34)22(37)33(2)17-4-3-16(27)20(25)21(17)28/h3-4,9-10,15,18H,5-8,11-12H2,1-2H3/t15-,18?/m0/s1. The van der Waals surface area contributed by atoms with Gasteiger partial charge in [0.15, 0.2) is 5.82 Å². The number of pyridine rings is 1. The maximum atomic E-state index is 14.7. The van der Waals surface area contributed by atoms with Gasteiger partial charge in [-0.15, -0.1) is 0 Å². The number of carbonyl (C=O) groups is 2. The van der Waals surface area contributed by atoms with Crippen LogP contribution in [0.1, 0.15) is 17.7 Å². The third-order valence-electron chi connectivity index (χ3n) is 6.59. The van der Waals surface area contributed by atoms with E-state index in [0.29, 0.717) is 19.0 Å². The Morgan fingerprint density at radius 2 is 1.89 bits per heavy atom. The van der Waals surface area contributed by atoms with E-state index < -0.39 is 58.4 Å². The number of likely N-dealkylation sites (N-methyl/N-ethyl adjacent to an activating group) is 1. The van der Waals surface area contributed by atoms with Crippen molar-refractivity contribution in [1.82, 2.24) is 14.8 Å². The molecular weight excluding hydrogens is 540 g/mol. The molecule has 0 aliphatic carbocycles. The number of rotatable bonds is 6. The third-order valence-corrected chi connectivity index (χ3v) is 6.93. The van der Waals surface area contributed by atoms with Crippen molar-refractivity contribution in [3.05, 3.63) is 52.2 Å². The average molecular weight is 564 g/mol. The van der Waals surface area contributed by atoms with Crippen LogP contribution in [0.5, 0.6) is 0 Å². The third kappa shape index (κ3) is 5.53. The van der Waals surface area contributed by atoms with Crippen molar-refractivity contribution in [2.45, 2.75) is 31.7 Å². The van der Waals surface area contributed by atoms with Crippen molar-refractivity contribution in [2.24, 2.45) is 0 Å². The Balaban J connectivity index is 1.68. The Bertz CT molecular complexity index is 1250. The zero-order valence-corrected chi connectivity index (χ0v) is 21.2. The molecule has 0 saturated carbocycles. The molecule has 2 aliphatic heterocycles. The molecule has 2 aromatic rings. The number of carbonyl (C=O) groups excluding carboxylic acids is 2. The molecule has 3 amide bonds. The zero-order valence-electron chi connectivity index (χ0n) is 20.4. The second kappa shape index (κ2) is 10.6. The first kappa shape index (κ1) is 28.0. The van der Waals surface area contributed by atoms with Gasteiger partial charge >= 0.3 is 12.2 Å². The number of nitrogens with zero attached hydrogens (tertiary/aromatic N) is 5. The zero-order chi connectivity index (χ0) is 27.9. The van der Waals surface area contributed by atoms with Crippen LogP contribution in [0.25, 0.3) is 0 Å². The van der Waals surface area contributed by atoms with Crippen molar-refractivity contribution in [3.63, 3.8) is 0 Å². The van der Waals surface area contributed by atoms with E-state index >= 15 is 0 Å². The van der Waals surface area contributed by atoms with E-state index in [1.165, 1.54) is 18.9 Å². The Kier molecular flexibility index (Phi) is 7.80. The van der Waals surface area contributed by atoms with Crippen LogP contribution in [0.15, 0.2) is 24.3 Å². The molecule has 1 unspecified atom stereocenters. The quantitative estimate of drug-likeness (QED) is 0.379. The van der Waals surface area contributed by atoms with Gasteiger partial charge in [0.2, 0.25) is 0 Å². The summed E-state index contributed by atoms with van der Waals surface area (Å²) in [7, 11) is 1.18.